The van der Waals surface area contributed by atoms with E-state index in [4.69, 9.17) is 0 Å². The summed E-state index contributed by atoms with van der Waals surface area (Å²) in [5.41, 5.74) is 5.95. The predicted molar refractivity (Wildman–Crippen MR) is 109 cm³/mol. The van der Waals surface area contributed by atoms with Gasteiger partial charge in [-0.2, -0.15) is 5.10 Å². The zero-order valence-electron chi connectivity index (χ0n) is 16.7. The van der Waals surface area contributed by atoms with E-state index >= 15 is 0 Å². The number of hydrogen-bond acceptors (Lipinski definition) is 4. The number of rotatable bonds is 6. The number of aryl methyl sites for hydroxylation is 3. The molecule has 0 aliphatic carbocycles. The van der Waals surface area contributed by atoms with E-state index in [1.807, 2.05) is 38.3 Å². The molecule has 7 nitrogen and oxygen atoms in total. The quantitative estimate of drug-likeness (QED) is 0.689. The fourth-order valence-corrected chi connectivity index (χ4v) is 3.23. The minimum absolute atomic E-state index is 0.0821. The molecule has 0 atom stereocenters. The fraction of sp³-hybridized carbons (Fsp3) is 0.333. The third kappa shape index (κ3) is 4.19. The topological polar surface area (TPSA) is 88.4 Å². The number of amides is 2. The zero-order valence-corrected chi connectivity index (χ0v) is 16.7. The molecular formula is C21H25N5O2. The highest BCUT2D eigenvalue weighted by molar-refractivity contribution is 5.95. The van der Waals surface area contributed by atoms with E-state index in [1.165, 1.54) is 0 Å². The third-order valence-corrected chi connectivity index (χ3v) is 4.66. The number of anilines is 1. The number of fused-ring (bicyclic) bond motifs is 1. The van der Waals surface area contributed by atoms with Gasteiger partial charge in [0.15, 0.2) is 5.65 Å². The van der Waals surface area contributed by atoms with Crippen LogP contribution in [0, 0.1) is 20.8 Å². The summed E-state index contributed by atoms with van der Waals surface area (Å²) in [5, 5.41) is 10.1. The molecule has 0 saturated carbocycles. The second-order valence-electron chi connectivity index (χ2n) is 6.80. The van der Waals surface area contributed by atoms with E-state index < -0.39 is 0 Å². The minimum atomic E-state index is -0.122. The summed E-state index contributed by atoms with van der Waals surface area (Å²) < 4.78 is 1.83. The van der Waals surface area contributed by atoms with Crippen molar-refractivity contribution in [3.8, 4) is 0 Å². The van der Waals surface area contributed by atoms with Gasteiger partial charge in [-0.15, -0.1) is 0 Å². The van der Waals surface area contributed by atoms with E-state index in [2.05, 4.69) is 20.7 Å². The molecule has 0 fully saturated rings. The Bertz CT molecular complexity index is 1020. The maximum absolute atomic E-state index is 12.4. The van der Waals surface area contributed by atoms with Crippen LogP contribution in [-0.2, 0) is 11.2 Å². The summed E-state index contributed by atoms with van der Waals surface area (Å²) >= 11 is 0. The summed E-state index contributed by atoms with van der Waals surface area (Å²) in [6, 6.07) is 8.82. The van der Waals surface area contributed by atoms with Crippen molar-refractivity contribution in [2.45, 2.75) is 40.5 Å². The highest BCUT2D eigenvalue weighted by Crippen LogP contribution is 2.17. The number of nitrogens with one attached hydrogen (secondary N) is 2. The molecule has 0 radical (unpaired) electrons. The van der Waals surface area contributed by atoms with Crippen LogP contribution in [-0.4, -0.2) is 33.0 Å². The van der Waals surface area contributed by atoms with Gasteiger partial charge in [-0.3, -0.25) is 9.59 Å². The second-order valence-corrected chi connectivity index (χ2v) is 6.80. The Morgan fingerprint density at radius 1 is 1.11 bits per heavy atom. The Morgan fingerprint density at radius 3 is 2.50 bits per heavy atom. The van der Waals surface area contributed by atoms with Crippen LogP contribution in [0.2, 0.25) is 0 Å². The van der Waals surface area contributed by atoms with Crippen LogP contribution in [0.4, 0.5) is 5.69 Å². The second kappa shape index (κ2) is 8.21. The fourth-order valence-electron chi connectivity index (χ4n) is 3.23. The van der Waals surface area contributed by atoms with Gasteiger partial charge in [-0.05, 0) is 63.9 Å². The lowest BCUT2D eigenvalue weighted by atomic mass is 10.1. The number of carbonyl (C=O) groups excluding carboxylic acids is 2. The van der Waals surface area contributed by atoms with Crippen LogP contribution in [0.3, 0.4) is 0 Å². The summed E-state index contributed by atoms with van der Waals surface area (Å²) in [6.07, 6.45) is 0.926. The van der Waals surface area contributed by atoms with Gasteiger partial charge in [0.2, 0.25) is 5.91 Å². The molecule has 0 bridgehead atoms. The number of aromatic nitrogens is 3. The molecule has 3 rings (SSSR count). The first-order chi connectivity index (χ1) is 13.4. The van der Waals surface area contributed by atoms with Crippen LogP contribution in [0.1, 0.15) is 46.3 Å². The molecule has 0 aliphatic rings. The van der Waals surface area contributed by atoms with Gasteiger partial charge in [0, 0.05) is 41.7 Å². The molecule has 2 heterocycles. The minimum Gasteiger partial charge on any atom is -0.352 e. The van der Waals surface area contributed by atoms with Crippen molar-refractivity contribution in [3.63, 3.8) is 0 Å². The lowest BCUT2D eigenvalue weighted by molar-refractivity contribution is -0.116. The van der Waals surface area contributed by atoms with Crippen LogP contribution in [0.25, 0.3) is 5.65 Å². The molecule has 1 aromatic carbocycles. The van der Waals surface area contributed by atoms with Crippen LogP contribution < -0.4 is 10.6 Å². The van der Waals surface area contributed by atoms with Crippen molar-refractivity contribution in [1.82, 2.24) is 19.9 Å². The van der Waals surface area contributed by atoms with Gasteiger partial charge < -0.3 is 10.6 Å². The van der Waals surface area contributed by atoms with Gasteiger partial charge in [0.1, 0.15) is 0 Å². The molecule has 2 aromatic heterocycles. The molecule has 28 heavy (non-hydrogen) atoms. The molecule has 0 spiro atoms. The number of nitrogens with zero attached hydrogens (tertiary/aromatic N) is 3. The number of hydrogen-bond donors (Lipinski definition) is 2. The van der Waals surface area contributed by atoms with E-state index in [9.17, 15) is 9.59 Å². The van der Waals surface area contributed by atoms with Gasteiger partial charge in [0.05, 0.1) is 5.69 Å². The van der Waals surface area contributed by atoms with Crippen molar-refractivity contribution in [2.75, 3.05) is 11.9 Å². The third-order valence-electron chi connectivity index (χ3n) is 4.66. The Hall–Kier alpha value is -3.22. The Labute approximate surface area is 164 Å². The Kier molecular flexibility index (Phi) is 5.73. The van der Waals surface area contributed by atoms with E-state index in [1.54, 1.807) is 24.3 Å². The molecule has 146 valence electrons. The van der Waals surface area contributed by atoms with Crippen molar-refractivity contribution in [3.05, 3.63) is 58.5 Å². The smallest absolute Gasteiger partial charge is 0.251 e. The van der Waals surface area contributed by atoms with E-state index in [0.29, 0.717) is 30.6 Å². The average molecular weight is 379 g/mol. The van der Waals surface area contributed by atoms with Gasteiger partial charge >= 0.3 is 0 Å². The predicted octanol–water partition coefficient (Wildman–Crippen LogP) is 2.98. The maximum atomic E-state index is 12.4. The molecule has 0 unspecified atom stereocenters. The van der Waals surface area contributed by atoms with Crippen molar-refractivity contribution in [1.29, 1.82) is 0 Å². The van der Waals surface area contributed by atoms with Crippen molar-refractivity contribution < 1.29 is 9.59 Å². The first-order valence-corrected chi connectivity index (χ1v) is 9.39. The normalized spacial score (nSPS) is 10.9. The molecular weight excluding hydrogens is 354 g/mol. The zero-order chi connectivity index (χ0) is 20.3. The first kappa shape index (κ1) is 19.5. The van der Waals surface area contributed by atoms with Crippen LogP contribution in [0.5, 0.6) is 0 Å². The van der Waals surface area contributed by atoms with Gasteiger partial charge in [-0.1, -0.05) is 0 Å². The Morgan fingerprint density at radius 2 is 1.82 bits per heavy atom. The highest BCUT2D eigenvalue weighted by Gasteiger charge is 2.13. The van der Waals surface area contributed by atoms with Gasteiger partial charge in [-0.25, -0.2) is 9.50 Å². The van der Waals surface area contributed by atoms with Crippen LogP contribution in [0.15, 0.2) is 30.3 Å². The SMILES string of the molecule is CCNC(=O)c1ccc(NC(=O)CCc2c(C)nc3cc(C)nn3c2C)cc1. The van der Waals surface area contributed by atoms with Crippen molar-refractivity contribution >= 4 is 23.1 Å². The molecule has 2 N–H and O–H groups in total. The van der Waals surface area contributed by atoms with E-state index in [0.717, 1.165) is 28.3 Å². The summed E-state index contributed by atoms with van der Waals surface area (Å²) in [6.45, 7) is 8.35. The average Bonchev–Trinajstić information content (AvgIpc) is 3.02. The van der Waals surface area contributed by atoms with Gasteiger partial charge in [0.25, 0.3) is 5.91 Å². The lowest BCUT2D eigenvalue weighted by Crippen LogP contribution is -2.22. The highest BCUT2D eigenvalue weighted by atomic mass is 16.2. The largest absolute Gasteiger partial charge is 0.352 e. The summed E-state index contributed by atoms with van der Waals surface area (Å²) in [7, 11) is 0. The Balaban J connectivity index is 1.64. The molecule has 0 saturated heterocycles. The monoisotopic (exact) mass is 379 g/mol. The number of carbonyl (C=O) groups is 2. The summed E-state index contributed by atoms with van der Waals surface area (Å²) in [5.74, 6) is -0.204. The molecule has 7 heteroatoms. The standard InChI is InChI=1S/C21H25N5O2/c1-5-22-21(28)16-6-8-17(9-7-16)24-20(27)11-10-18-14(3)23-19-12-13(2)25-26(19)15(18)4/h6-9,12H,5,10-11H2,1-4H3,(H,22,28)(H,24,27). The number of benzene rings is 1. The summed E-state index contributed by atoms with van der Waals surface area (Å²) in [4.78, 5) is 28.7. The van der Waals surface area contributed by atoms with Crippen molar-refractivity contribution in [2.24, 2.45) is 0 Å². The lowest BCUT2D eigenvalue weighted by Gasteiger charge is -2.11. The molecule has 2 amide bonds. The molecule has 0 aliphatic heterocycles. The maximum Gasteiger partial charge on any atom is 0.251 e. The van der Waals surface area contributed by atoms with Crippen LogP contribution >= 0.6 is 0 Å². The first-order valence-electron chi connectivity index (χ1n) is 9.39. The van der Waals surface area contributed by atoms with E-state index in [-0.39, 0.29) is 11.8 Å². The molecule has 3 aromatic rings.